The minimum atomic E-state index is -0.286. The van der Waals surface area contributed by atoms with Crippen LogP contribution in [0.1, 0.15) is 300 Å². The van der Waals surface area contributed by atoms with Gasteiger partial charge >= 0.3 is 0 Å². The Hall–Kier alpha value is -7.88. The Balaban J connectivity index is 1.05. The van der Waals surface area contributed by atoms with Crippen LogP contribution in [-0.4, -0.2) is 57.1 Å². The number of ether oxygens (including phenoxy) is 3. The fourth-order valence-corrected chi connectivity index (χ4v) is 14.2. The van der Waals surface area contributed by atoms with E-state index in [0.29, 0.717) is 62.9 Å². The molecule has 0 heterocycles. The van der Waals surface area contributed by atoms with Crippen molar-refractivity contribution in [3.63, 3.8) is 0 Å². The standard InChI is InChI=1S/C92H118O9/c1-85(2,3)69-37-53-29-57-41-71(87(7,8)9)45-61(79(57)95)33-65-49-75(91(19,20)21)50-66(34-62-46-72(88(10,11)12)42-58(80(62)96)30-54(38-69)77(53)93)83(65)100-27-25-99-26-28-101-84-67-35-63-47-73(89(13,14)15)43-59(81(63)97)31-55-39-70(86(4,5)6)40-56(78(55)94)32-60-44-74(90(16,17)18)48-64(82(60)98)36-68(84)52-76(51-67)92(22,23)24/h37-52,93-98H,25-36H2,1-24H3. The molecule has 0 aromatic heterocycles. The van der Waals surface area contributed by atoms with E-state index in [-0.39, 0.29) is 104 Å². The fourth-order valence-electron chi connectivity index (χ4n) is 14.2. The molecule has 0 fully saturated rings. The fraction of sp³-hybridized carbons (Fsp3) is 0.478. The molecule has 0 saturated heterocycles. The summed E-state index contributed by atoms with van der Waals surface area (Å²) in [4.78, 5) is 0. The van der Waals surface area contributed by atoms with Crippen LogP contribution in [0.4, 0.5) is 0 Å². The van der Waals surface area contributed by atoms with Gasteiger partial charge in [-0.25, -0.2) is 0 Å². The highest BCUT2D eigenvalue weighted by Gasteiger charge is 2.32. The predicted molar refractivity (Wildman–Crippen MR) is 415 cm³/mol. The Morgan fingerprint density at radius 2 is 0.317 bits per heavy atom. The van der Waals surface area contributed by atoms with Gasteiger partial charge in [0, 0.05) is 51.4 Å². The Kier molecular flexibility index (Phi) is 20.5. The van der Waals surface area contributed by atoms with Gasteiger partial charge in [0.15, 0.2) is 0 Å². The summed E-state index contributed by atoms with van der Waals surface area (Å²) in [5.74, 6) is 2.44. The molecule has 8 aromatic rings. The van der Waals surface area contributed by atoms with E-state index in [1.807, 2.05) is 0 Å². The largest absolute Gasteiger partial charge is 0.507 e. The van der Waals surface area contributed by atoms with Crippen LogP contribution in [0.2, 0.25) is 0 Å². The van der Waals surface area contributed by atoms with Crippen molar-refractivity contribution in [2.24, 2.45) is 0 Å². The van der Waals surface area contributed by atoms with Gasteiger partial charge in [0.25, 0.3) is 0 Å². The number of rotatable bonds is 8. The number of phenols is 6. The van der Waals surface area contributed by atoms with Gasteiger partial charge in [0.2, 0.25) is 0 Å². The van der Waals surface area contributed by atoms with Crippen LogP contribution < -0.4 is 9.47 Å². The average Bonchev–Trinajstić information content (AvgIpc) is 0.770. The Morgan fingerprint density at radius 3 is 0.446 bits per heavy atom. The van der Waals surface area contributed by atoms with Crippen LogP contribution in [0.25, 0.3) is 0 Å². The normalized spacial score (nSPS) is 14.3. The van der Waals surface area contributed by atoms with Crippen molar-refractivity contribution in [1.82, 2.24) is 0 Å². The number of aromatic hydroxyl groups is 6. The van der Waals surface area contributed by atoms with Gasteiger partial charge < -0.3 is 44.8 Å². The maximum atomic E-state index is 12.7. The molecule has 10 rings (SSSR count). The topological polar surface area (TPSA) is 149 Å². The number of hydrogen-bond acceptors (Lipinski definition) is 9. The molecule has 0 atom stereocenters. The molecular weight excluding hydrogens is 1250 g/mol. The molecule has 101 heavy (non-hydrogen) atoms. The smallest absolute Gasteiger partial charge is 0.126 e. The summed E-state index contributed by atoms with van der Waals surface area (Å²) < 4.78 is 20.8. The molecule has 2 aliphatic carbocycles. The van der Waals surface area contributed by atoms with Crippen LogP contribution >= 0.6 is 0 Å². The lowest BCUT2D eigenvalue weighted by Gasteiger charge is -2.28. The van der Waals surface area contributed by atoms with E-state index in [4.69, 9.17) is 14.2 Å². The first-order valence-corrected chi connectivity index (χ1v) is 36.8. The molecule has 2 aliphatic rings. The molecule has 0 aliphatic heterocycles. The molecule has 6 N–H and O–H groups in total. The van der Waals surface area contributed by atoms with E-state index in [1.54, 1.807) is 0 Å². The Labute approximate surface area is 605 Å². The molecule has 9 nitrogen and oxygen atoms in total. The second-order valence-electron chi connectivity index (χ2n) is 37.8. The van der Waals surface area contributed by atoms with Crippen molar-refractivity contribution in [3.8, 4) is 46.0 Å². The first kappa shape index (κ1) is 75.8. The SMILES string of the molecule is CC(C)(C)c1cc2c(O)c(c1)Cc1cc(C(C)(C)C)cc(c1O)Cc1cc(C(C)(C)C)cc(c1OCCOCCOc1c3cc(C(C)(C)C)cc1Cc1cc(C(C)(C)C)cc(c1O)Cc1cc(C(C)(C)C)cc(c1O)Cc1cc(C(C)(C)C)cc(c1O)C3)Cc1cc(C(C)(C)C)cc(c1O)C2. The summed E-state index contributed by atoms with van der Waals surface area (Å²) in [5.41, 5.74) is 18.8. The summed E-state index contributed by atoms with van der Waals surface area (Å²) in [6.45, 7) is 53.4. The number of fused-ring (bicyclic) bond motifs is 16. The lowest BCUT2D eigenvalue weighted by molar-refractivity contribution is 0.0756. The third kappa shape index (κ3) is 16.9. The lowest BCUT2D eigenvalue weighted by atomic mass is 9.79. The molecule has 0 saturated carbocycles. The highest BCUT2D eigenvalue weighted by atomic mass is 16.5. The van der Waals surface area contributed by atoms with Crippen LogP contribution in [0, 0.1) is 0 Å². The van der Waals surface area contributed by atoms with Crippen LogP contribution in [0.5, 0.6) is 46.0 Å². The molecule has 8 aromatic carbocycles. The molecule has 0 spiro atoms. The van der Waals surface area contributed by atoms with Gasteiger partial charge in [-0.15, -0.1) is 0 Å². The summed E-state index contributed by atoms with van der Waals surface area (Å²) in [7, 11) is 0. The van der Waals surface area contributed by atoms with Gasteiger partial charge in [0.05, 0.1) is 13.2 Å². The van der Waals surface area contributed by atoms with Crippen LogP contribution in [0.3, 0.4) is 0 Å². The quantitative estimate of drug-likeness (QED) is 0.0818. The van der Waals surface area contributed by atoms with E-state index < -0.39 is 0 Å². The molecule has 540 valence electrons. The van der Waals surface area contributed by atoms with Crippen molar-refractivity contribution >= 4 is 0 Å². The third-order valence-corrected chi connectivity index (χ3v) is 21.0. The maximum absolute atomic E-state index is 12.7. The van der Waals surface area contributed by atoms with Crippen LogP contribution in [-0.2, 0) is 99.4 Å². The van der Waals surface area contributed by atoms with Crippen molar-refractivity contribution in [2.45, 2.75) is 261 Å². The third-order valence-electron chi connectivity index (χ3n) is 21.0. The number of phenolic OH excluding ortho intramolecular Hbond substituents is 6. The minimum absolute atomic E-state index is 0.171. The predicted octanol–water partition coefficient (Wildman–Crippen LogP) is 21.1. The molecule has 0 amide bonds. The van der Waals surface area contributed by atoms with Crippen molar-refractivity contribution < 1.29 is 44.8 Å². The average molecular weight is 1370 g/mol. The van der Waals surface area contributed by atoms with E-state index in [0.717, 1.165) is 134 Å². The summed E-state index contributed by atoms with van der Waals surface area (Å²) >= 11 is 0. The van der Waals surface area contributed by atoms with Gasteiger partial charge in [-0.3, -0.25) is 0 Å². The molecule has 16 bridgehead atoms. The van der Waals surface area contributed by atoms with E-state index in [1.165, 1.54) is 0 Å². The van der Waals surface area contributed by atoms with Gasteiger partial charge in [-0.05, 0) is 177 Å². The minimum Gasteiger partial charge on any atom is -0.507 e. The molecule has 9 heteroatoms. The van der Waals surface area contributed by atoms with Crippen molar-refractivity contribution in [1.29, 1.82) is 0 Å². The second kappa shape index (κ2) is 27.4. The number of hydrogen-bond donors (Lipinski definition) is 6. The zero-order valence-corrected chi connectivity index (χ0v) is 65.6. The summed E-state index contributed by atoms with van der Waals surface area (Å²) in [6, 6.07) is 34.2. The Bertz CT molecular complexity index is 3940. The first-order chi connectivity index (χ1) is 46.5. The van der Waals surface area contributed by atoms with E-state index in [2.05, 4.69) is 263 Å². The van der Waals surface area contributed by atoms with Crippen LogP contribution in [0.15, 0.2) is 97.1 Å². The monoisotopic (exact) mass is 1370 g/mol. The van der Waals surface area contributed by atoms with Gasteiger partial charge in [-0.2, -0.15) is 0 Å². The van der Waals surface area contributed by atoms with Crippen molar-refractivity contribution in [2.75, 3.05) is 26.4 Å². The summed E-state index contributed by atoms with van der Waals surface area (Å²) in [5, 5.41) is 75.6. The molecular formula is C92H118O9. The molecule has 0 radical (unpaired) electrons. The Morgan fingerprint density at radius 1 is 0.198 bits per heavy atom. The zero-order valence-electron chi connectivity index (χ0n) is 65.6. The van der Waals surface area contributed by atoms with Gasteiger partial charge in [-0.1, -0.05) is 263 Å². The number of benzene rings is 8. The first-order valence-electron chi connectivity index (χ1n) is 36.8. The van der Waals surface area contributed by atoms with Crippen molar-refractivity contribution in [3.05, 3.63) is 231 Å². The highest BCUT2D eigenvalue weighted by Crippen LogP contribution is 2.47. The van der Waals surface area contributed by atoms with E-state index >= 15 is 0 Å². The second-order valence-corrected chi connectivity index (χ2v) is 37.8. The summed E-state index contributed by atoms with van der Waals surface area (Å²) in [6.07, 6.45) is 2.54. The van der Waals surface area contributed by atoms with E-state index in [9.17, 15) is 30.6 Å². The molecule has 0 unspecified atom stereocenters. The highest BCUT2D eigenvalue weighted by molar-refractivity contribution is 5.62. The lowest BCUT2D eigenvalue weighted by Crippen LogP contribution is -2.18. The zero-order chi connectivity index (χ0) is 74.4. The van der Waals surface area contributed by atoms with Gasteiger partial charge in [0.1, 0.15) is 59.2 Å². The maximum Gasteiger partial charge on any atom is 0.126 e.